The first-order valence-electron chi connectivity index (χ1n) is 4.78. The molecule has 0 N–H and O–H groups in total. The second-order valence-corrected chi connectivity index (χ2v) is 5.43. The monoisotopic (exact) mass is 282 g/mol. The molecule has 1 aromatic carbocycles. The molecule has 1 aromatic heterocycles. The molecule has 2 aromatic rings. The number of hydrogen-bond acceptors (Lipinski definition) is 3. The van der Waals surface area contributed by atoms with Crippen molar-refractivity contribution in [3.8, 4) is 0 Å². The van der Waals surface area contributed by atoms with E-state index in [1.807, 2.05) is 13.0 Å². The van der Waals surface area contributed by atoms with Crippen LogP contribution in [0.5, 0.6) is 0 Å². The van der Waals surface area contributed by atoms with E-state index < -0.39 is 0 Å². The lowest BCUT2D eigenvalue weighted by atomic mass is 10.1. The molecule has 2 nitrogen and oxygen atoms in total. The second-order valence-electron chi connectivity index (χ2n) is 3.31. The molecule has 15 heavy (non-hydrogen) atoms. The Bertz CT molecular complexity index is 453. The first-order chi connectivity index (χ1) is 7.25. The molecule has 0 fully saturated rings. The molecular formula is C11H11BrN2S. The summed E-state index contributed by atoms with van der Waals surface area (Å²) >= 11 is 5.22. The maximum Gasteiger partial charge on any atom is 0.117 e. The van der Waals surface area contributed by atoms with E-state index in [-0.39, 0.29) is 0 Å². The van der Waals surface area contributed by atoms with Gasteiger partial charge in [0.25, 0.3) is 0 Å². The molecule has 0 bridgehead atoms. The molecule has 0 aliphatic carbocycles. The molecule has 0 radical (unpaired) electrons. The molecule has 0 amide bonds. The maximum absolute atomic E-state index is 4.11. The average molecular weight is 283 g/mol. The van der Waals surface area contributed by atoms with Crippen LogP contribution in [-0.2, 0) is 12.8 Å². The van der Waals surface area contributed by atoms with Gasteiger partial charge in [-0.15, -0.1) is 21.5 Å². The smallest absolute Gasteiger partial charge is 0.117 e. The van der Waals surface area contributed by atoms with Gasteiger partial charge in [-0.05, 0) is 25.0 Å². The Labute approximate surface area is 101 Å². The first kappa shape index (κ1) is 10.8. The molecular weight excluding hydrogens is 272 g/mol. The van der Waals surface area contributed by atoms with Crippen LogP contribution in [0.1, 0.15) is 15.6 Å². The summed E-state index contributed by atoms with van der Waals surface area (Å²) in [6.45, 7) is 1.99. The van der Waals surface area contributed by atoms with E-state index in [2.05, 4.69) is 44.3 Å². The lowest BCUT2D eigenvalue weighted by Crippen LogP contribution is -1.91. The summed E-state index contributed by atoms with van der Waals surface area (Å²) < 4.78 is 1.17. The molecule has 0 atom stereocenters. The van der Waals surface area contributed by atoms with Crippen LogP contribution in [0.25, 0.3) is 0 Å². The van der Waals surface area contributed by atoms with Gasteiger partial charge >= 0.3 is 0 Å². The van der Waals surface area contributed by atoms with Gasteiger partial charge in [-0.2, -0.15) is 0 Å². The molecule has 4 heteroatoms. The average Bonchev–Trinajstić information content (AvgIpc) is 2.63. The maximum atomic E-state index is 4.11. The van der Waals surface area contributed by atoms with E-state index in [0.717, 1.165) is 22.9 Å². The van der Waals surface area contributed by atoms with Crippen molar-refractivity contribution < 1.29 is 0 Å². The van der Waals surface area contributed by atoms with E-state index in [1.165, 1.54) is 10.0 Å². The quantitative estimate of drug-likeness (QED) is 0.862. The van der Waals surface area contributed by atoms with Gasteiger partial charge in [0.2, 0.25) is 0 Å². The van der Waals surface area contributed by atoms with Crippen LogP contribution in [0.2, 0.25) is 0 Å². The molecule has 0 aliphatic heterocycles. The predicted octanol–water partition coefficient (Wildman–Crippen LogP) is 3.39. The topological polar surface area (TPSA) is 25.8 Å². The van der Waals surface area contributed by atoms with Crippen molar-refractivity contribution in [1.82, 2.24) is 10.2 Å². The Hall–Kier alpha value is -0.740. The molecule has 0 saturated heterocycles. The number of halogens is 1. The summed E-state index contributed by atoms with van der Waals surface area (Å²) in [5.41, 5.74) is 1.32. The summed E-state index contributed by atoms with van der Waals surface area (Å²) in [4.78, 5) is 0. The van der Waals surface area contributed by atoms with Crippen molar-refractivity contribution in [3.05, 3.63) is 44.3 Å². The van der Waals surface area contributed by atoms with Gasteiger partial charge < -0.3 is 0 Å². The van der Waals surface area contributed by atoms with Gasteiger partial charge in [-0.3, -0.25) is 0 Å². The van der Waals surface area contributed by atoms with Crippen LogP contribution in [-0.4, -0.2) is 10.2 Å². The number of rotatable bonds is 3. The van der Waals surface area contributed by atoms with Crippen LogP contribution in [0.3, 0.4) is 0 Å². The van der Waals surface area contributed by atoms with E-state index in [9.17, 15) is 0 Å². The van der Waals surface area contributed by atoms with E-state index in [4.69, 9.17) is 0 Å². The fourth-order valence-electron chi connectivity index (χ4n) is 1.38. The normalized spacial score (nSPS) is 10.5. The fraction of sp³-hybridized carbons (Fsp3) is 0.273. The zero-order valence-electron chi connectivity index (χ0n) is 8.40. The molecule has 0 unspecified atom stereocenters. The summed E-state index contributed by atoms with van der Waals surface area (Å²) in [5.74, 6) is 0. The van der Waals surface area contributed by atoms with Gasteiger partial charge in [0.1, 0.15) is 10.0 Å². The van der Waals surface area contributed by atoms with Crippen molar-refractivity contribution in [2.75, 3.05) is 0 Å². The highest BCUT2D eigenvalue weighted by molar-refractivity contribution is 9.10. The zero-order chi connectivity index (χ0) is 10.7. The Balaban J connectivity index is 2.02. The van der Waals surface area contributed by atoms with Crippen molar-refractivity contribution in [2.24, 2.45) is 0 Å². The third kappa shape index (κ3) is 2.86. The van der Waals surface area contributed by atoms with Crippen LogP contribution in [0, 0.1) is 6.92 Å². The van der Waals surface area contributed by atoms with Gasteiger partial charge in [-0.1, -0.05) is 34.1 Å². The molecule has 0 saturated carbocycles. The summed E-state index contributed by atoms with van der Waals surface area (Å²) in [7, 11) is 0. The number of hydrogen-bond donors (Lipinski definition) is 0. The van der Waals surface area contributed by atoms with Crippen LogP contribution < -0.4 is 0 Å². The highest BCUT2D eigenvalue weighted by Crippen LogP contribution is 2.18. The Morgan fingerprint density at radius 1 is 1.20 bits per heavy atom. The first-order valence-corrected chi connectivity index (χ1v) is 6.39. The third-order valence-electron chi connectivity index (χ3n) is 2.13. The highest BCUT2D eigenvalue weighted by atomic mass is 79.9. The van der Waals surface area contributed by atoms with Crippen molar-refractivity contribution in [3.63, 3.8) is 0 Å². The van der Waals surface area contributed by atoms with Gasteiger partial charge in [0.05, 0.1) is 0 Å². The minimum Gasteiger partial charge on any atom is -0.144 e. The van der Waals surface area contributed by atoms with Crippen molar-refractivity contribution in [2.45, 2.75) is 19.8 Å². The predicted molar refractivity (Wildman–Crippen MR) is 66.2 cm³/mol. The van der Waals surface area contributed by atoms with Crippen LogP contribution in [0.15, 0.2) is 28.7 Å². The standard InChI is InChI=1S/C11H11BrN2S/c1-8-13-14-11(15-8)7-6-9-4-2-3-5-10(9)12/h2-5H,6-7H2,1H3. The second kappa shape index (κ2) is 4.86. The lowest BCUT2D eigenvalue weighted by Gasteiger charge is -2.01. The Morgan fingerprint density at radius 2 is 2.00 bits per heavy atom. The van der Waals surface area contributed by atoms with Gasteiger partial charge in [0, 0.05) is 10.9 Å². The van der Waals surface area contributed by atoms with Gasteiger partial charge in [-0.25, -0.2) is 0 Å². The number of aromatic nitrogens is 2. The molecule has 0 spiro atoms. The van der Waals surface area contributed by atoms with Crippen LogP contribution in [0.4, 0.5) is 0 Å². The van der Waals surface area contributed by atoms with Crippen molar-refractivity contribution in [1.29, 1.82) is 0 Å². The minimum atomic E-state index is 0.966. The number of nitrogens with zero attached hydrogens (tertiary/aromatic N) is 2. The molecule has 1 heterocycles. The van der Waals surface area contributed by atoms with Gasteiger partial charge in [0.15, 0.2) is 0 Å². The largest absolute Gasteiger partial charge is 0.144 e. The molecule has 78 valence electrons. The number of benzene rings is 1. The minimum absolute atomic E-state index is 0.966. The Morgan fingerprint density at radius 3 is 2.67 bits per heavy atom. The zero-order valence-corrected chi connectivity index (χ0v) is 10.8. The third-order valence-corrected chi connectivity index (χ3v) is 3.81. The van der Waals surface area contributed by atoms with E-state index in [1.54, 1.807) is 11.3 Å². The fourth-order valence-corrected chi connectivity index (χ4v) is 2.57. The molecule has 2 rings (SSSR count). The summed E-state index contributed by atoms with van der Waals surface area (Å²) in [6, 6.07) is 8.30. The summed E-state index contributed by atoms with van der Waals surface area (Å²) in [6.07, 6.45) is 1.98. The highest BCUT2D eigenvalue weighted by Gasteiger charge is 2.03. The van der Waals surface area contributed by atoms with E-state index >= 15 is 0 Å². The van der Waals surface area contributed by atoms with E-state index in [0.29, 0.717) is 0 Å². The molecule has 0 aliphatic rings. The van der Waals surface area contributed by atoms with Crippen molar-refractivity contribution >= 4 is 27.3 Å². The summed E-state index contributed by atoms with van der Waals surface area (Å²) in [5, 5.41) is 10.3. The lowest BCUT2D eigenvalue weighted by molar-refractivity contribution is 0.895. The SMILES string of the molecule is Cc1nnc(CCc2ccccc2Br)s1. The Kier molecular flexibility index (Phi) is 3.49. The van der Waals surface area contributed by atoms with Crippen LogP contribution >= 0.6 is 27.3 Å². The number of aryl methyl sites for hydroxylation is 3.